The summed E-state index contributed by atoms with van der Waals surface area (Å²) >= 11 is 6.64. The topological polar surface area (TPSA) is 154 Å². The lowest BCUT2D eigenvalue weighted by Gasteiger charge is -2.49. The van der Waals surface area contributed by atoms with Gasteiger partial charge < -0.3 is 38.0 Å². The van der Waals surface area contributed by atoms with E-state index in [4.69, 9.17) is 49.6 Å². The Morgan fingerprint density at radius 3 is 2.15 bits per heavy atom. The van der Waals surface area contributed by atoms with Crippen LogP contribution in [0, 0.1) is 0 Å². The van der Waals surface area contributed by atoms with Crippen molar-refractivity contribution in [1.29, 1.82) is 0 Å². The van der Waals surface area contributed by atoms with Crippen LogP contribution in [0.3, 0.4) is 0 Å². The van der Waals surface area contributed by atoms with E-state index in [0.29, 0.717) is 34.0 Å². The van der Waals surface area contributed by atoms with Crippen molar-refractivity contribution in [2.45, 2.75) is 70.7 Å². The lowest BCUT2D eigenvalue weighted by atomic mass is 9.83. The minimum atomic E-state index is -1.87. The second-order valence-electron chi connectivity index (χ2n) is 11.0. The number of hydrogen-bond donors (Lipinski definition) is 0. The van der Waals surface area contributed by atoms with Crippen LogP contribution in [0.5, 0.6) is 5.75 Å². The second kappa shape index (κ2) is 14.5. The molecule has 0 radical (unpaired) electrons. The van der Waals surface area contributed by atoms with Gasteiger partial charge in [0, 0.05) is 38.3 Å². The molecule has 0 amide bonds. The van der Waals surface area contributed by atoms with Gasteiger partial charge in [-0.15, -0.1) is 0 Å². The smallest absolute Gasteiger partial charge is 0.303 e. The van der Waals surface area contributed by atoms with Gasteiger partial charge in [0.1, 0.15) is 26.1 Å². The van der Waals surface area contributed by atoms with Crippen molar-refractivity contribution in [2.24, 2.45) is 5.16 Å². The van der Waals surface area contributed by atoms with Crippen LogP contribution in [0.15, 0.2) is 47.6 Å². The zero-order valence-corrected chi connectivity index (χ0v) is 27.1. The molecule has 2 aliphatic heterocycles. The molecule has 2 fully saturated rings. The number of ether oxygens (including phenoxy) is 7. The van der Waals surface area contributed by atoms with Gasteiger partial charge in [-0.3, -0.25) is 19.2 Å². The molecule has 46 heavy (non-hydrogen) atoms. The first-order chi connectivity index (χ1) is 21.8. The van der Waals surface area contributed by atoms with Crippen LogP contribution in [0.4, 0.5) is 0 Å². The maximum atomic E-state index is 12.4. The van der Waals surface area contributed by atoms with E-state index >= 15 is 0 Å². The van der Waals surface area contributed by atoms with Gasteiger partial charge in [0.05, 0.1) is 12.3 Å². The molecule has 2 saturated heterocycles. The molecule has 2 heterocycles. The molecule has 4 rings (SSSR count). The third kappa shape index (κ3) is 7.77. The van der Waals surface area contributed by atoms with Crippen LogP contribution in [-0.4, -0.2) is 80.4 Å². The predicted molar refractivity (Wildman–Crippen MR) is 161 cm³/mol. The van der Waals surface area contributed by atoms with Crippen LogP contribution in [0.1, 0.15) is 51.3 Å². The van der Waals surface area contributed by atoms with Gasteiger partial charge >= 0.3 is 23.9 Å². The average molecular weight is 662 g/mol. The minimum Gasteiger partial charge on any atom is -0.488 e. The Labute approximate surface area is 270 Å². The molecule has 4 unspecified atom stereocenters. The summed E-state index contributed by atoms with van der Waals surface area (Å²) in [4.78, 5) is 53.6. The van der Waals surface area contributed by atoms with Gasteiger partial charge in [-0.25, -0.2) is 0 Å². The highest BCUT2D eigenvalue weighted by Crippen LogP contribution is 2.53. The molecular formula is C32H36ClNO12. The Hall–Kier alpha value is -4.20. The van der Waals surface area contributed by atoms with Crippen molar-refractivity contribution in [3.63, 3.8) is 0 Å². The molecule has 0 aromatic heterocycles. The van der Waals surface area contributed by atoms with Gasteiger partial charge in [-0.05, 0) is 48.7 Å². The molecule has 0 aliphatic carbocycles. The van der Waals surface area contributed by atoms with Gasteiger partial charge in [0.2, 0.25) is 11.9 Å². The summed E-state index contributed by atoms with van der Waals surface area (Å²) in [5.74, 6) is -4.10. The van der Waals surface area contributed by atoms with E-state index in [9.17, 15) is 19.2 Å². The number of carbonyl (C=O) groups is 4. The number of oxime groups is 1. The summed E-state index contributed by atoms with van der Waals surface area (Å²) in [7, 11) is 1.46. The molecule has 2 bridgehead atoms. The first-order valence-corrected chi connectivity index (χ1v) is 14.7. The Balaban J connectivity index is 1.74. The van der Waals surface area contributed by atoms with E-state index in [1.54, 1.807) is 25.1 Å². The predicted octanol–water partition coefficient (Wildman–Crippen LogP) is 3.64. The summed E-state index contributed by atoms with van der Waals surface area (Å²) in [6.45, 7) is 6.04. The monoisotopic (exact) mass is 661 g/mol. The fourth-order valence-corrected chi connectivity index (χ4v) is 5.63. The zero-order valence-electron chi connectivity index (χ0n) is 26.3. The number of nitrogens with zero attached hydrogens (tertiary/aromatic N) is 1. The molecule has 0 saturated carbocycles. The molecule has 5 atom stereocenters. The molecule has 2 aromatic carbocycles. The van der Waals surface area contributed by atoms with Gasteiger partial charge in [0.25, 0.3) is 0 Å². The number of fused-ring (bicyclic) bond motifs is 2. The number of benzene rings is 2. The Bertz CT molecular complexity index is 1490. The number of hydrogen-bond acceptors (Lipinski definition) is 13. The third-order valence-electron chi connectivity index (χ3n) is 7.24. The summed E-state index contributed by atoms with van der Waals surface area (Å²) in [6.07, 6.45) is -3.83. The lowest BCUT2D eigenvalue weighted by molar-refractivity contribution is -0.334. The molecule has 2 aromatic rings. The van der Waals surface area contributed by atoms with E-state index in [1.807, 2.05) is 24.3 Å². The summed E-state index contributed by atoms with van der Waals surface area (Å²) in [5, 5.41) is 4.26. The van der Waals surface area contributed by atoms with E-state index in [-0.39, 0.29) is 13.2 Å². The highest BCUT2D eigenvalue weighted by Gasteiger charge is 2.72. The van der Waals surface area contributed by atoms with Crippen LogP contribution in [-0.2, 0) is 64.6 Å². The third-order valence-corrected chi connectivity index (χ3v) is 7.61. The Morgan fingerprint density at radius 1 is 0.891 bits per heavy atom. The molecule has 0 spiro atoms. The molecular weight excluding hydrogens is 626 g/mol. The quantitative estimate of drug-likeness (QED) is 0.141. The van der Waals surface area contributed by atoms with Gasteiger partial charge in [-0.1, -0.05) is 35.0 Å². The number of carbonyl (C=O) groups excluding carboxylic acids is 4. The van der Waals surface area contributed by atoms with Gasteiger partial charge in [0.15, 0.2) is 17.8 Å². The maximum absolute atomic E-state index is 12.4. The largest absolute Gasteiger partial charge is 0.488 e. The van der Waals surface area contributed by atoms with Crippen molar-refractivity contribution < 1.29 is 57.2 Å². The number of esters is 4. The normalized spacial score (nSPS) is 25.3. The summed E-state index contributed by atoms with van der Waals surface area (Å²) in [5.41, 5.74) is 0.983. The minimum absolute atomic E-state index is 0.262. The summed E-state index contributed by atoms with van der Waals surface area (Å²) in [6, 6.07) is 12.4. The van der Waals surface area contributed by atoms with E-state index < -0.39 is 60.2 Å². The first-order valence-electron chi connectivity index (χ1n) is 14.3. The zero-order chi connectivity index (χ0) is 33.6. The van der Waals surface area contributed by atoms with Crippen LogP contribution in [0.25, 0.3) is 0 Å². The molecule has 14 heteroatoms. The van der Waals surface area contributed by atoms with Crippen molar-refractivity contribution in [3.8, 4) is 5.75 Å². The average Bonchev–Trinajstić information content (AvgIpc) is 3.35. The van der Waals surface area contributed by atoms with Crippen molar-refractivity contribution in [3.05, 3.63) is 64.2 Å². The van der Waals surface area contributed by atoms with Crippen molar-refractivity contribution in [1.82, 2.24) is 0 Å². The lowest BCUT2D eigenvalue weighted by Crippen LogP contribution is -2.68. The van der Waals surface area contributed by atoms with E-state index in [2.05, 4.69) is 5.16 Å². The van der Waals surface area contributed by atoms with Crippen molar-refractivity contribution in [2.75, 3.05) is 26.9 Å². The Morgan fingerprint density at radius 2 is 1.54 bits per heavy atom. The van der Waals surface area contributed by atoms with Gasteiger partial charge in [-0.2, -0.15) is 0 Å². The summed E-state index contributed by atoms with van der Waals surface area (Å²) < 4.78 is 40.8. The Kier molecular flexibility index (Phi) is 10.9. The SMILES string of the molecule is CO/N=C(/C)COc1ccc(Cc2cc([C@]34OCC(COC(C)=O)(O3)C(OC(C)=O)C(OC(C)=O)C4OC(C)=O)ccc2Cl)cc1. The van der Waals surface area contributed by atoms with Crippen LogP contribution < -0.4 is 4.74 Å². The second-order valence-corrected chi connectivity index (χ2v) is 11.4. The maximum Gasteiger partial charge on any atom is 0.303 e. The molecule has 13 nitrogen and oxygen atoms in total. The molecule has 2 aliphatic rings. The first kappa shape index (κ1) is 34.7. The van der Waals surface area contributed by atoms with Crippen molar-refractivity contribution >= 4 is 41.2 Å². The van der Waals surface area contributed by atoms with Crippen LogP contribution in [0.2, 0.25) is 5.02 Å². The highest BCUT2D eigenvalue weighted by atomic mass is 35.5. The number of halogens is 1. The fraction of sp³-hybridized carbons (Fsp3) is 0.469. The standard InChI is InChI=1S/C32H36ClNO12/c1-18(34-39-6)15-40-26-10-7-23(8-11-26)13-24-14-25(9-12-27(24)33)32-30(45-22(5)38)28(43-20(3)36)29(44-21(4)37)31(46-32,17-42-32)16-41-19(2)35/h7-12,14,28-30H,13,15-17H2,1-6H3/b34-18-/t28?,29?,30?,31?,32-/m0/s1. The molecule has 0 N–H and O–H groups in total. The molecule has 248 valence electrons. The highest BCUT2D eigenvalue weighted by molar-refractivity contribution is 6.31. The van der Waals surface area contributed by atoms with Crippen LogP contribution >= 0.6 is 11.6 Å². The number of rotatable bonds is 12. The van der Waals surface area contributed by atoms with E-state index in [0.717, 1.165) is 19.4 Å². The fourth-order valence-electron chi connectivity index (χ4n) is 5.44. The van der Waals surface area contributed by atoms with E-state index in [1.165, 1.54) is 21.0 Å².